The Kier molecular flexibility index (Phi) is 5.04. The maximum Gasteiger partial charge on any atom is 0.261 e. The largest absolute Gasteiger partial charge is 0.347 e. The van der Waals surface area contributed by atoms with Crippen molar-refractivity contribution >= 4 is 28.8 Å². The van der Waals surface area contributed by atoms with Crippen molar-refractivity contribution in [3.8, 4) is 0 Å². The fraction of sp³-hybridized carbons (Fsp3) is 0.312. The summed E-state index contributed by atoms with van der Waals surface area (Å²) in [5, 5.41) is 3.60. The number of amides is 1. The molecule has 1 amide bonds. The minimum Gasteiger partial charge on any atom is -0.347 e. The molecule has 0 radical (unpaired) electrons. The van der Waals surface area contributed by atoms with Crippen LogP contribution in [0.2, 0.25) is 5.02 Å². The summed E-state index contributed by atoms with van der Waals surface area (Å²) in [6.07, 6.45) is 0. The van der Waals surface area contributed by atoms with Gasteiger partial charge in [-0.15, -0.1) is 11.3 Å². The molecule has 0 unspecified atom stereocenters. The van der Waals surface area contributed by atoms with Crippen LogP contribution in [0.3, 0.4) is 0 Å². The lowest BCUT2D eigenvalue weighted by molar-refractivity contribution is 0.0955. The van der Waals surface area contributed by atoms with Crippen molar-refractivity contribution in [1.82, 2.24) is 5.32 Å². The zero-order chi connectivity index (χ0) is 15.6. The van der Waals surface area contributed by atoms with Crippen LogP contribution in [0, 0.1) is 20.8 Å². The molecule has 0 spiro atoms. The molecule has 21 heavy (non-hydrogen) atoms. The van der Waals surface area contributed by atoms with E-state index in [-0.39, 0.29) is 5.91 Å². The Balaban J connectivity index is 2.11. The number of benzene rings is 1. The van der Waals surface area contributed by atoms with E-state index in [1.807, 2.05) is 20.8 Å². The number of carbonyl (C=O) groups excluding carboxylic acids is 1. The van der Waals surface area contributed by atoms with E-state index >= 15 is 0 Å². The first kappa shape index (κ1) is 16.0. The van der Waals surface area contributed by atoms with Crippen molar-refractivity contribution in [2.75, 3.05) is 0 Å². The lowest BCUT2D eigenvalue weighted by Crippen LogP contribution is -2.23. The molecule has 0 fully saturated rings. The lowest BCUT2D eigenvalue weighted by Gasteiger charge is -2.12. The highest BCUT2D eigenvalue weighted by Crippen LogP contribution is 2.26. The van der Waals surface area contributed by atoms with Crippen molar-refractivity contribution in [3.05, 3.63) is 55.2 Å². The average Bonchev–Trinajstić information content (AvgIpc) is 2.77. The van der Waals surface area contributed by atoms with E-state index in [2.05, 4.69) is 17.4 Å². The molecule has 3 N–H and O–H groups in total. The molecule has 2 rings (SSSR count). The van der Waals surface area contributed by atoms with Gasteiger partial charge in [-0.05, 0) is 49.1 Å². The van der Waals surface area contributed by atoms with Crippen LogP contribution in [-0.2, 0) is 13.1 Å². The smallest absolute Gasteiger partial charge is 0.261 e. The Morgan fingerprint density at radius 1 is 1.24 bits per heavy atom. The zero-order valence-corrected chi connectivity index (χ0v) is 14.0. The van der Waals surface area contributed by atoms with Crippen LogP contribution in [0.15, 0.2) is 18.2 Å². The molecular formula is C16H19ClN2OS. The molecule has 2 aromatic rings. The van der Waals surface area contributed by atoms with Crippen molar-refractivity contribution in [1.29, 1.82) is 0 Å². The number of halogens is 1. The molecule has 1 heterocycles. The van der Waals surface area contributed by atoms with Gasteiger partial charge in [-0.3, -0.25) is 4.79 Å². The van der Waals surface area contributed by atoms with Gasteiger partial charge in [-0.1, -0.05) is 23.7 Å². The molecule has 5 heteroatoms. The van der Waals surface area contributed by atoms with Gasteiger partial charge >= 0.3 is 0 Å². The second-order valence-electron chi connectivity index (χ2n) is 5.11. The molecule has 0 aliphatic heterocycles. The van der Waals surface area contributed by atoms with Crippen LogP contribution in [-0.4, -0.2) is 5.91 Å². The van der Waals surface area contributed by atoms with Gasteiger partial charge in [-0.25, -0.2) is 0 Å². The second kappa shape index (κ2) is 6.60. The third-order valence-corrected chi connectivity index (χ3v) is 5.05. The van der Waals surface area contributed by atoms with Crippen molar-refractivity contribution in [2.24, 2.45) is 5.73 Å². The maximum absolute atomic E-state index is 12.1. The number of hydrogen-bond acceptors (Lipinski definition) is 3. The standard InChI is InChI=1S/C16H19ClN2OS/c1-9-4-12(7-18)5-10(2)13(9)8-19-16(20)15-6-14(17)11(3)21-15/h4-6H,7-8,18H2,1-3H3,(H,19,20). The number of thiophene rings is 1. The molecule has 0 aliphatic rings. The molecule has 112 valence electrons. The SMILES string of the molecule is Cc1cc(CN)cc(C)c1CNC(=O)c1cc(Cl)c(C)s1. The normalized spacial score (nSPS) is 10.7. The van der Waals surface area contributed by atoms with Gasteiger partial charge in [-0.2, -0.15) is 0 Å². The van der Waals surface area contributed by atoms with E-state index < -0.39 is 0 Å². The predicted octanol–water partition coefficient (Wildman–Crippen LogP) is 3.72. The first-order chi connectivity index (χ1) is 9.92. The van der Waals surface area contributed by atoms with Gasteiger partial charge < -0.3 is 11.1 Å². The van der Waals surface area contributed by atoms with Crippen molar-refractivity contribution < 1.29 is 4.79 Å². The van der Waals surface area contributed by atoms with E-state index in [9.17, 15) is 4.79 Å². The molecule has 1 aromatic carbocycles. The number of aryl methyl sites for hydroxylation is 3. The summed E-state index contributed by atoms with van der Waals surface area (Å²) in [4.78, 5) is 13.8. The minimum atomic E-state index is -0.0864. The summed E-state index contributed by atoms with van der Waals surface area (Å²) >= 11 is 7.40. The molecule has 0 atom stereocenters. The summed E-state index contributed by atoms with van der Waals surface area (Å²) in [7, 11) is 0. The van der Waals surface area contributed by atoms with Gasteiger partial charge in [0.05, 0.1) is 9.90 Å². The fourth-order valence-electron chi connectivity index (χ4n) is 2.31. The molecule has 3 nitrogen and oxygen atoms in total. The summed E-state index contributed by atoms with van der Waals surface area (Å²) in [5.74, 6) is -0.0864. The average molecular weight is 323 g/mol. The third kappa shape index (κ3) is 3.64. The fourth-order valence-corrected chi connectivity index (χ4v) is 3.42. The number of nitrogens with one attached hydrogen (secondary N) is 1. The van der Waals surface area contributed by atoms with Crippen LogP contribution < -0.4 is 11.1 Å². The number of rotatable bonds is 4. The highest BCUT2D eigenvalue weighted by molar-refractivity contribution is 7.14. The Labute approximate surface area is 134 Å². The first-order valence-electron chi connectivity index (χ1n) is 6.75. The molecule has 0 aliphatic carbocycles. The van der Waals surface area contributed by atoms with Crippen molar-refractivity contribution in [3.63, 3.8) is 0 Å². The highest BCUT2D eigenvalue weighted by Gasteiger charge is 2.12. The molecular weight excluding hydrogens is 304 g/mol. The highest BCUT2D eigenvalue weighted by atomic mass is 35.5. The van der Waals surface area contributed by atoms with Gasteiger partial charge in [0.1, 0.15) is 0 Å². The van der Waals surface area contributed by atoms with Gasteiger partial charge in [0, 0.05) is 18.0 Å². The summed E-state index contributed by atoms with van der Waals surface area (Å²) < 4.78 is 0. The van der Waals surface area contributed by atoms with Gasteiger partial charge in [0.25, 0.3) is 5.91 Å². The van der Waals surface area contributed by atoms with Crippen LogP contribution >= 0.6 is 22.9 Å². The van der Waals surface area contributed by atoms with E-state index in [0.29, 0.717) is 23.0 Å². The molecule has 0 saturated carbocycles. The summed E-state index contributed by atoms with van der Waals surface area (Å²) in [5.41, 5.74) is 10.2. The van der Waals surface area contributed by atoms with Gasteiger partial charge in [0.2, 0.25) is 0 Å². The predicted molar refractivity (Wildman–Crippen MR) is 89.0 cm³/mol. The van der Waals surface area contributed by atoms with Gasteiger partial charge in [0.15, 0.2) is 0 Å². The second-order valence-corrected chi connectivity index (χ2v) is 6.77. The van der Waals surface area contributed by atoms with E-state index in [0.717, 1.165) is 27.1 Å². The quantitative estimate of drug-likeness (QED) is 0.901. The van der Waals surface area contributed by atoms with Crippen molar-refractivity contribution in [2.45, 2.75) is 33.9 Å². The monoisotopic (exact) mass is 322 g/mol. The van der Waals surface area contributed by atoms with Crippen LogP contribution in [0.1, 0.15) is 36.8 Å². The van der Waals surface area contributed by atoms with E-state index in [4.69, 9.17) is 17.3 Å². The van der Waals surface area contributed by atoms with E-state index in [1.165, 1.54) is 11.3 Å². The minimum absolute atomic E-state index is 0.0864. The van der Waals surface area contributed by atoms with Crippen LogP contribution in [0.5, 0.6) is 0 Å². The van der Waals surface area contributed by atoms with E-state index in [1.54, 1.807) is 6.07 Å². The number of nitrogens with two attached hydrogens (primary N) is 1. The Morgan fingerprint density at radius 3 is 2.33 bits per heavy atom. The van der Waals surface area contributed by atoms with Crippen LogP contribution in [0.4, 0.5) is 0 Å². The topological polar surface area (TPSA) is 55.1 Å². The van der Waals surface area contributed by atoms with Crippen LogP contribution in [0.25, 0.3) is 0 Å². The Bertz CT molecular complexity index is 636. The molecule has 0 bridgehead atoms. The lowest BCUT2D eigenvalue weighted by atomic mass is 9.99. The third-order valence-electron chi connectivity index (χ3n) is 3.50. The summed E-state index contributed by atoms with van der Waals surface area (Å²) in [6, 6.07) is 5.86. The Hall–Kier alpha value is -1.36. The number of hydrogen-bond donors (Lipinski definition) is 2. The maximum atomic E-state index is 12.1. The molecule has 1 aromatic heterocycles. The molecule has 0 saturated heterocycles. The Morgan fingerprint density at radius 2 is 1.86 bits per heavy atom. The number of carbonyl (C=O) groups is 1. The summed E-state index contributed by atoms with van der Waals surface area (Å²) in [6.45, 7) is 7.03. The first-order valence-corrected chi connectivity index (χ1v) is 7.95. The zero-order valence-electron chi connectivity index (χ0n) is 12.4.